The first kappa shape index (κ1) is 22.8. The molecule has 0 atom stereocenters. The van der Waals surface area contributed by atoms with Crippen molar-refractivity contribution in [3.63, 3.8) is 0 Å². The van der Waals surface area contributed by atoms with Gasteiger partial charge in [-0.25, -0.2) is 0 Å². The average molecular weight is 382 g/mol. The van der Waals surface area contributed by atoms with Crippen LogP contribution in [0.2, 0.25) is 0 Å². The first-order valence-corrected chi connectivity index (χ1v) is 4.59. The maximum absolute atomic E-state index is 8.27. The Kier molecular flexibility index (Phi) is 17.7. The van der Waals surface area contributed by atoms with Crippen LogP contribution in [0.1, 0.15) is 11.1 Å². The van der Waals surface area contributed by atoms with E-state index >= 15 is 0 Å². The zero-order valence-corrected chi connectivity index (χ0v) is 12.7. The van der Waals surface area contributed by atoms with Crippen LogP contribution in [0.15, 0.2) is 48.5 Å². The van der Waals surface area contributed by atoms with Gasteiger partial charge in [-0.05, 0) is 0 Å². The molecule has 0 bridgehead atoms. The van der Waals surface area contributed by atoms with Gasteiger partial charge in [0.15, 0.2) is 0 Å². The third kappa shape index (κ3) is 10.3. The first-order valence-electron chi connectivity index (χ1n) is 4.59. The van der Waals surface area contributed by atoms with E-state index in [2.05, 4.69) is 12.1 Å². The van der Waals surface area contributed by atoms with Crippen LogP contribution in [0, 0.1) is 34.8 Å². The van der Waals surface area contributed by atoms with E-state index in [9.17, 15) is 0 Å². The normalized spacial score (nSPS) is 6.63. The number of hydrogen-bond acceptors (Lipinski definition) is 2. The maximum atomic E-state index is 8.27. The fourth-order valence-electron chi connectivity index (χ4n) is 0.923. The molecule has 0 spiro atoms. The fraction of sp³-hybridized carbons (Fsp3) is 0. The molecule has 2 rings (SSSR count). The minimum atomic E-state index is 0. The van der Waals surface area contributed by atoms with E-state index in [4.69, 9.17) is 10.5 Å². The van der Waals surface area contributed by atoms with Crippen LogP contribution >= 0.6 is 0 Å². The van der Waals surface area contributed by atoms with Crippen molar-refractivity contribution in [2.75, 3.05) is 0 Å². The molecule has 0 aromatic heterocycles. The largest absolute Gasteiger partial charge is 2.00 e. The Morgan fingerprint density at radius 2 is 0.947 bits per heavy atom. The van der Waals surface area contributed by atoms with Gasteiger partial charge in [0.25, 0.3) is 0 Å². The van der Waals surface area contributed by atoms with Gasteiger partial charge in [-0.1, -0.05) is 11.1 Å². The molecule has 2 nitrogen and oxygen atoms in total. The van der Waals surface area contributed by atoms with Crippen molar-refractivity contribution in [1.29, 1.82) is 10.5 Å². The van der Waals surface area contributed by atoms with Crippen LogP contribution < -0.4 is 24.8 Å². The zero-order chi connectivity index (χ0) is 11.6. The maximum Gasteiger partial charge on any atom is 2.00 e. The van der Waals surface area contributed by atoms with Crippen LogP contribution in [0.25, 0.3) is 0 Å². The van der Waals surface area contributed by atoms with E-state index in [1.165, 1.54) is 0 Å². The van der Waals surface area contributed by atoms with Crippen molar-refractivity contribution >= 4 is 0 Å². The summed E-state index contributed by atoms with van der Waals surface area (Å²) in [4.78, 5) is 0. The molecule has 0 N–H and O–H groups in total. The Hall–Kier alpha value is -1.34. The van der Waals surface area contributed by atoms with Gasteiger partial charge in [-0.3, -0.25) is 0 Å². The summed E-state index contributed by atoms with van der Waals surface area (Å²) in [7, 11) is 0. The minimum Gasteiger partial charge on any atom is -1.00 e. The van der Waals surface area contributed by atoms with Gasteiger partial charge in [-0.15, -0.1) is 0 Å². The zero-order valence-electron chi connectivity index (χ0n) is 9.59. The van der Waals surface area contributed by atoms with Crippen molar-refractivity contribution in [2.45, 2.75) is 0 Å². The fourth-order valence-corrected chi connectivity index (χ4v) is 0.923. The van der Waals surface area contributed by atoms with E-state index in [1.807, 2.05) is 12.1 Å². The number of nitrogens with zero attached hydrogens (tertiary/aromatic N) is 2. The third-order valence-corrected chi connectivity index (χ3v) is 1.69. The van der Waals surface area contributed by atoms with E-state index in [0.29, 0.717) is 11.1 Å². The van der Waals surface area contributed by atoms with Gasteiger partial charge >= 0.3 is 20.4 Å². The van der Waals surface area contributed by atoms with E-state index in [0.717, 1.165) is 0 Å². The van der Waals surface area contributed by atoms with Gasteiger partial charge in [0.1, 0.15) is 0 Å². The van der Waals surface area contributed by atoms with Crippen molar-refractivity contribution < 1.29 is 45.2 Å². The van der Waals surface area contributed by atoms with E-state index in [1.54, 1.807) is 48.5 Å². The Bertz CT molecular complexity index is 455. The van der Waals surface area contributed by atoms with Crippen molar-refractivity contribution in [2.24, 2.45) is 0 Å². The molecule has 19 heavy (non-hydrogen) atoms. The molecule has 5 heteroatoms. The molecule has 0 aliphatic heterocycles. The average Bonchev–Trinajstić information content (AvgIpc) is 2.41. The molecule has 0 saturated heterocycles. The number of benzene rings is 2. The summed E-state index contributed by atoms with van der Waals surface area (Å²) in [5, 5.41) is 16.5. The van der Waals surface area contributed by atoms with Crippen LogP contribution in [-0.4, -0.2) is 0 Å². The van der Waals surface area contributed by atoms with Gasteiger partial charge in [0.05, 0.1) is 12.1 Å². The van der Waals surface area contributed by atoms with E-state index < -0.39 is 0 Å². The predicted octanol–water partition coefficient (Wildman–Crippen LogP) is -3.28. The van der Waals surface area contributed by atoms with Crippen molar-refractivity contribution in [3.05, 3.63) is 71.8 Å². The van der Waals surface area contributed by atoms with Gasteiger partial charge in [-0.2, -0.15) is 71.2 Å². The summed E-state index contributed by atoms with van der Waals surface area (Å²) in [6.45, 7) is 0. The van der Waals surface area contributed by atoms with Gasteiger partial charge in [0.2, 0.25) is 0 Å². The summed E-state index contributed by atoms with van der Waals surface area (Å²) in [6, 6.07) is 23.4. The smallest absolute Gasteiger partial charge is 1.00 e. The molecular weight excluding hydrogens is 373 g/mol. The van der Waals surface area contributed by atoms with Crippen LogP contribution in [0.4, 0.5) is 0 Å². The van der Waals surface area contributed by atoms with Crippen molar-refractivity contribution in [1.82, 2.24) is 0 Å². The molecule has 0 heterocycles. The molecule has 2 aromatic carbocycles. The number of nitriles is 2. The monoisotopic (exact) mass is 380 g/mol. The first-order chi connectivity index (χ1) is 7.86. The molecular formula is C14H8Cl2N2Pd-2. The summed E-state index contributed by atoms with van der Waals surface area (Å²) in [5.41, 5.74) is 1.37. The van der Waals surface area contributed by atoms with Crippen LogP contribution in [0.5, 0.6) is 0 Å². The Morgan fingerprint density at radius 3 is 1.11 bits per heavy atom. The standard InChI is InChI=1S/2C7H4N.2ClH.Pd/c2*8-6-7-4-2-1-3-5-7;;;/h2*2-5H;2*1H;/q2*-1;;;+2/p-2. The topological polar surface area (TPSA) is 47.6 Å². The SMILES string of the molecule is N#Cc1cc[c-]cc1.N#Cc1cc[c-]cc1.[Cl-].[Cl-].[Pd+2]. The Labute approximate surface area is 139 Å². The summed E-state index contributed by atoms with van der Waals surface area (Å²) >= 11 is 0. The number of halogens is 2. The minimum absolute atomic E-state index is 0. The van der Waals surface area contributed by atoms with E-state index in [-0.39, 0.29) is 45.2 Å². The third-order valence-electron chi connectivity index (χ3n) is 1.69. The predicted molar refractivity (Wildman–Crippen MR) is 60.0 cm³/mol. The Morgan fingerprint density at radius 1 is 0.684 bits per heavy atom. The second-order valence-corrected chi connectivity index (χ2v) is 2.80. The van der Waals surface area contributed by atoms with Gasteiger partial charge in [0, 0.05) is 0 Å². The summed E-state index contributed by atoms with van der Waals surface area (Å²) < 4.78 is 0. The molecule has 0 saturated carbocycles. The molecule has 2 aromatic rings. The second-order valence-electron chi connectivity index (χ2n) is 2.80. The van der Waals surface area contributed by atoms with Crippen molar-refractivity contribution in [3.8, 4) is 12.1 Å². The van der Waals surface area contributed by atoms with Crippen LogP contribution in [0.3, 0.4) is 0 Å². The summed E-state index contributed by atoms with van der Waals surface area (Å²) in [6.07, 6.45) is 0. The molecule has 0 fully saturated rings. The molecule has 100 valence electrons. The van der Waals surface area contributed by atoms with Crippen LogP contribution in [-0.2, 0) is 20.4 Å². The molecule has 0 radical (unpaired) electrons. The Balaban J connectivity index is -0.000000233. The quantitative estimate of drug-likeness (QED) is 0.355. The molecule has 0 amide bonds. The second kappa shape index (κ2) is 14.7. The summed E-state index contributed by atoms with van der Waals surface area (Å²) in [5.74, 6) is 0. The molecule has 0 unspecified atom stereocenters. The van der Waals surface area contributed by atoms with Gasteiger partial charge < -0.3 is 24.8 Å². The molecule has 0 aliphatic rings. The number of rotatable bonds is 0. The molecule has 0 aliphatic carbocycles. The number of hydrogen-bond donors (Lipinski definition) is 0.